The van der Waals surface area contributed by atoms with Gasteiger partial charge in [0.25, 0.3) is 0 Å². The van der Waals surface area contributed by atoms with Crippen LogP contribution in [0.25, 0.3) is 0 Å². The Bertz CT molecular complexity index is 232. The van der Waals surface area contributed by atoms with Gasteiger partial charge in [-0.25, -0.2) is 0 Å². The molecule has 0 aromatic carbocycles. The van der Waals surface area contributed by atoms with Crippen LogP contribution in [0.15, 0.2) is 0 Å². The van der Waals surface area contributed by atoms with Crippen molar-refractivity contribution in [3.63, 3.8) is 0 Å². The average Bonchev–Trinajstić information content (AvgIpc) is 2.27. The monoisotopic (exact) mass is 239 g/mol. The standard InChI is InChI=1S/C16H33N/c1-8-10-14(6)16(7,12(3)4)11-13(5)15(17)9-2/h12-14,17H,8-11H2,1-7H3/t13-,14+,16?/m0/s1. The highest BCUT2D eigenvalue weighted by Gasteiger charge is 2.35. The summed E-state index contributed by atoms with van der Waals surface area (Å²) < 4.78 is 0. The van der Waals surface area contributed by atoms with Crippen molar-refractivity contribution < 1.29 is 0 Å². The molecule has 0 aliphatic rings. The van der Waals surface area contributed by atoms with Crippen LogP contribution in [0.1, 0.15) is 74.1 Å². The van der Waals surface area contributed by atoms with Crippen LogP contribution in [-0.2, 0) is 0 Å². The molecule has 0 aromatic rings. The third-order valence-corrected chi connectivity index (χ3v) is 4.89. The quantitative estimate of drug-likeness (QED) is 0.538. The van der Waals surface area contributed by atoms with Crippen LogP contribution in [0.3, 0.4) is 0 Å². The van der Waals surface area contributed by atoms with Gasteiger partial charge in [0.1, 0.15) is 0 Å². The molecule has 1 N–H and O–H groups in total. The van der Waals surface area contributed by atoms with Gasteiger partial charge in [-0.1, -0.05) is 61.3 Å². The smallest absolute Gasteiger partial charge is 0.0115 e. The van der Waals surface area contributed by atoms with Gasteiger partial charge in [-0.15, -0.1) is 0 Å². The van der Waals surface area contributed by atoms with Gasteiger partial charge in [-0.3, -0.25) is 0 Å². The van der Waals surface area contributed by atoms with Gasteiger partial charge in [0.2, 0.25) is 0 Å². The molecule has 0 saturated heterocycles. The minimum absolute atomic E-state index is 0.372. The molecule has 0 aliphatic carbocycles. The average molecular weight is 239 g/mol. The van der Waals surface area contributed by atoms with E-state index in [4.69, 9.17) is 5.41 Å². The van der Waals surface area contributed by atoms with Crippen LogP contribution < -0.4 is 0 Å². The first-order valence-corrected chi connectivity index (χ1v) is 7.36. The van der Waals surface area contributed by atoms with Crippen molar-refractivity contribution in [2.45, 2.75) is 74.1 Å². The number of rotatable bonds is 8. The summed E-state index contributed by atoms with van der Waals surface area (Å²) in [4.78, 5) is 0. The van der Waals surface area contributed by atoms with Crippen LogP contribution in [0.5, 0.6) is 0 Å². The maximum atomic E-state index is 8.01. The zero-order valence-corrected chi connectivity index (χ0v) is 13.1. The Hall–Kier alpha value is -0.330. The molecule has 0 radical (unpaired) electrons. The molecule has 0 spiro atoms. The number of hydrogen-bond donors (Lipinski definition) is 1. The highest BCUT2D eigenvalue weighted by molar-refractivity contribution is 5.83. The third kappa shape index (κ3) is 4.44. The molecule has 0 saturated carbocycles. The Morgan fingerprint density at radius 3 is 2.00 bits per heavy atom. The van der Waals surface area contributed by atoms with E-state index in [1.807, 2.05) is 0 Å². The van der Waals surface area contributed by atoms with Crippen molar-refractivity contribution in [2.24, 2.45) is 23.2 Å². The van der Waals surface area contributed by atoms with E-state index >= 15 is 0 Å². The van der Waals surface area contributed by atoms with Crippen LogP contribution >= 0.6 is 0 Å². The lowest BCUT2D eigenvalue weighted by atomic mass is 9.63. The minimum Gasteiger partial charge on any atom is -0.309 e. The second-order valence-electron chi connectivity index (χ2n) is 6.33. The molecule has 1 nitrogen and oxygen atoms in total. The topological polar surface area (TPSA) is 23.9 Å². The molecule has 1 unspecified atom stereocenters. The first kappa shape index (κ1) is 16.7. The summed E-state index contributed by atoms with van der Waals surface area (Å²) >= 11 is 0. The Morgan fingerprint density at radius 1 is 1.12 bits per heavy atom. The van der Waals surface area contributed by atoms with E-state index in [-0.39, 0.29) is 0 Å². The molecule has 0 bridgehead atoms. The van der Waals surface area contributed by atoms with Gasteiger partial charge in [-0.2, -0.15) is 0 Å². The van der Waals surface area contributed by atoms with E-state index in [0.29, 0.717) is 17.3 Å². The molecule has 0 heterocycles. The van der Waals surface area contributed by atoms with Crippen LogP contribution in [0.4, 0.5) is 0 Å². The van der Waals surface area contributed by atoms with Crippen molar-refractivity contribution in [2.75, 3.05) is 0 Å². The summed E-state index contributed by atoms with van der Waals surface area (Å²) in [6.45, 7) is 16.1. The van der Waals surface area contributed by atoms with E-state index in [9.17, 15) is 0 Å². The lowest BCUT2D eigenvalue weighted by Crippen LogP contribution is -2.34. The SMILES string of the molecule is CCC[C@@H](C)C(C)(C[C@H](C)C(=N)CC)C(C)C. The molecule has 102 valence electrons. The summed E-state index contributed by atoms with van der Waals surface area (Å²) in [5, 5.41) is 8.01. The molecule has 17 heavy (non-hydrogen) atoms. The second-order valence-corrected chi connectivity index (χ2v) is 6.33. The summed E-state index contributed by atoms with van der Waals surface area (Å²) in [6.07, 6.45) is 4.64. The van der Waals surface area contributed by atoms with Crippen molar-refractivity contribution in [1.82, 2.24) is 0 Å². The lowest BCUT2D eigenvalue weighted by Gasteiger charge is -2.42. The van der Waals surface area contributed by atoms with E-state index in [0.717, 1.165) is 18.1 Å². The highest BCUT2D eigenvalue weighted by atomic mass is 14.5. The summed E-state index contributed by atoms with van der Waals surface area (Å²) in [5.74, 6) is 1.88. The fourth-order valence-electron chi connectivity index (χ4n) is 2.90. The Morgan fingerprint density at radius 2 is 1.65 bits per heavy atom. The van der Waals surface area contributed by atoms with Crippen LogP contribution in [0.2, 0.25) is 0 Å². The third-order valence-electron chi connectivity index (χ3n) is 4.89. The van der Waals surface area contributed by atoms with Gasteiger partial charge in [0.15, 0.2) is 0 Å². The van der Waals surface area contributed by atoms with Crippen LogP contribution in [0, 0.1) is 28.6 Å². The molecule has 1 heteroatoms. The van der Waals surface area contributed by atoms with E-state index in [1.54, 1.807) is 0 Å². The van der Waals surface area contributed by atoms with Crippen molar-refractivity contribution in [3.8, 4) is 0 Å². The fraction of sp³-hybridized carbons (Fsp3) is 0.938. The number of hydrogen-bond acceptors (Lipinski definition) is 1. The minimum atomic E-state index is 0.372. The zero-order valence-electron chi connectivity index (χ0n) is 13.1. The highest BCUT2D eigenvalue weighted by Crippen LogP contribution is 2.43. The summed E-state index contributed by atoms with van der Waals surface area (Å²) in [5.41, 5.74) is 1.29. The summed E-state index contributed by atoms with van der Waals surface area (Å²) in [7, 11) is 0. The second kappa shape index (κ2) is 7.18. The Labute approximate surface area is 109 Å². The Kier molecular flexibility index (Phi) is 7.04. The molecular formula is C16H33N. The lowest BCUT2D eigenvalue weighted by molar-refractivity contribution is 0.0938. The predicted molar refractivity (Wildman–Crippen MR) is 78.8 cm³/mol. The molecule has 0 fully saturated rings. The van der Waals surface area contributed by atoms with Crippen molar-refractivity contribution >= 4 is 5.71 Å². The molecule has 0 rings (SSSR count). The maximum absolute atomic E-state index is 8.01. The maximum Gasteiger partial charge on any atom is 0.0115 e. The van der Waals surface area contributed by atoms with Crippen molar-refractivity contribution in [1.29, 1.82) is 5.41 Å². The van der Waals surface area contributed by atoms with Gasteiger partial charge in [-0.05, 0) is 36.0 Å². The number of nitrogens with one attached hydrogen (secondary N) is 1. The first-order chi connectivity index (χ1) is 7.79. The summed E-state index contributed by atoms with van der Waals surface area (Å²) in [6, 6.07) is 0. The van der Waals surface area contributed by atoms with Gasteiger partial charge in [0, 0.05) is 5.71 Å². The normalized spacial score (nSPS) is 18.8. The Balaban J connectivity index is 4.78. The molecule has 3 atom stereocenters. The molecule has 0 amide bonds. The molecule has 0 aromatic heterocycles. The first-order valence-electron chi connectivity index (χ1n) is 7.36. The van der Waals surface area contributed by atoms with Crippen molar-refractivity contribution in [3.05, 3.63) is 0 Å². The van der Waals surface area contributed by atoms with E-state index in [1.165, 1.54) is 19.3 Å². The fourth-order valence-corrected chi connectivity index (χ4v) is 2.90. The van der Waals surface area contributed by atoms with Gasteiger partial charge in [0.05, 0.1) is 0 Å². The zero-order chi connectivity index (χ0) is 13.6. The predicted octanol–water partition coefficient (Wildman–Crippen LogP) is 5.54. The van der Waals surface area contributed by atoms with E-state index in [2.05, 4.69) is 48.5 Å². The molecule has 0 aliphatic heterocycles. The molecular weight excluding hydrogens is 206 g/mol. The van der Waals surface area contributed by atoms with Crippen LogP contribution in [-0.4, -0.2) is 5.71 Å². The largest absolute Gasteiger partial charge is 0.309 e. The van der Waals surface area contributed by atoms with E-state index < -0.39 is 0 Å². The van der Waals surface area contributed by atoms with Gasteiger partial charge < -0.3 is 5.41 Å². The van der Waals surface area contributed by atoms with Gasteiger partial charge >= 0.3 is 0 Å².